The van der Waals surface area contributed by atoms with Crippen LogP contribution in [0, 0.1) is 0 Å². The van der Waals surface area contributed by atoms with Crippen molar-refractivity contribution < 1.29 is 4.74 Å². The van der Waals surface area contributed by atoms with Gasteiger partial charge in [0.25, 0.3) is 0 Å². The number of rotatable bonds is 7. The van der Waals surface area contributed by atoms with Crippen LogP contribution in [0.15, 0.2) is 36.7 Å². The normalized spacial score (nSPS) is 10.8. The highest BCUT2D eigenvalue weighted by molar-refractivity contribution is 7.80. The molecule has 112 valence electrons. The molecule has 0 fully saturated rings. The van der Waals surface area contributed by atoms with Crippen LogP contribution in [0.5, 0.6) is 5.75 Å². The van der Waals surface area contributed by atoms with Crippen molar-refractivity contribution >= 4 is 17.2 Å². The molecule has 1 aromatic carbocycles. The summed E-state index contributed by atoms with van der Waals surface area (Å²) in [6.45, 7) is 2.24. The molecule has 0 bridgehead atoms. The molecule has 5 nitrogen and oxygen atoms in total. The zero-order valence-corrected chi connectivity index (χ0v) is 13.1. The predicted octanol–water partition coefficient (Wildman–Crippen LogP) is 1.57. The fourth-order valence-electron chi connectivity index (χ4n) is 1.90. The van der Waals surface area contributed by atoms with E-state index in [0.29, 0.717) is 11.6 Å². The zero-order chi connectivity index (χ0) is 15.2. The Morgan fingerprint density at radius 3 is 2.67 bits per heavy atom. The molecular formula is C15H20N4OS. The molecule has 0 saturated carbocycles. The summed E-state index contributed by atoms with van der Waals surface area (Å²) < 4.78 is 7.73. The first kappa shape index (κ1) is 15.5. The van der Waals surface area contributed by atoms with Gasteiger partial charge in [0.05, 0.1) is 6.54 Å². The predicted molar refractivity (Wildman–Crippen MR) is 87.4 cm³/mol. The van der Waals surface area contributed by atoms with E-state index in [2.05, 4.69) is 9.88 Å². The third-order valence-corrected chi connectivity index (χ3v) is 3.45. The van der Waals surface area contributed by atoms with Gasteiger partial charge in [0.1, 0.15) is 23.2 Å². The van der Waals surface area contributed by atoms with E-state index in [4.69, 9.17) is 22.7 Å². The van der Waals surface area contributed by atoms with E-state index in [1.54, 1.807) is 0 Å². The minimum absolute atomic E-state index is 0.399. The molecule has 6 heteroatoms. The monoisotopic (exact) mass is 304 g/mol. The number of imidazole rings is 1. The molecule has 2 aromatic rings. The molecule has 0 saturated heterocycles. The average Bonchev–Trinajstić information content (AvgIpc) is 2.85. The number of aromatic nitrogens is 2. The largest absolute Gasteiger partial charge is 0.492 e. The maximum atomic E-state index is 5.71. The van der Waals surface area contributed by atoms with Crippen molar-refractivity contribution in [1.82, 2.24) is 14.5 Å². The highest BCUT2D eigenvalue weighted by Crippen LogP contribution is 2.12. The van der Waals surface area contributed by atoms with Gasteiger partial charge in [0, 0.05) is 31.5 Å². The fraction of sp³-hybridized carbons (Fsp3) is 0.333. The molecule has 0 aliphatic carbocycles. The first-order valence-electron chi connectivity index (χ1n) is 6.73. The number of nitrogens with two attached hydrogens (primary N) is 1. The second-order valence-corrected chi connectivity index (χ2v) is 5.37. The third-order valence-electron chi connectivity index (χ3n) is 3.21. The molecule has 0 radical (unpaired) electrons. The van der Waals surface area contributed by atoms with Gasteiger partial charge in [-0.25, -0.2) is 4.98 Å². The maximum Gasteiger partial charge on any atom is 0.122 e. The summed E-state index contributed by atoms with van der Waals surface area (Å²) in [5, 5.41) is 0. The molecule has 2 rings (SSSR count). The maximum absolute atomic E-state index is 5.71. The number of thiocarbonyl (C=S) groups is 1. The Bertz CT molecular complexity index is 594. The van der Waals surface area contributed by atoms with Crippen LogP contribution in [-0.2, 0) is 13.6 Å². The van der Waals surface area contributed by atoms with Gasteiger partial charge < -0.3 is 15.0 Å². The highest BCUT2D eigenvalue weighted by atomic mass is 32.1. The van der Waals surface area contributed by atoms with Crippen molar-refractivity contribution in [3.05, 3.63) is 48.0 Å². The Labute approximate surface area is 130 Å². The molecular weight excluding hydrogens is 284 g/mol. The van der Waals surface area contributed by atoms with Crippen LogP contribution in [0.1, 0.15) is 11.4 Å². The van der Waals surface area contributed by atoms with Gasteiger partial charge >= 0.3 is 0 Å². The van der Waals surface area contributed by atoms with Crippen LogP contribution in [0.25, 0.3) is 0 Å². The minimum Gasteiger partial charge on any atom is -0.492 e. The summed E-state index contributed by atoms with van der Waals surface area (Å²) in [7, 11) is 4.05. The number of nitrogens with zero attached hydrogens (tertiary/aromatic N) is 3. The van der Waals surface area contributed by atoms with E-state index in [1.165, 1.54) is 0 Å². The SMILES string of the molecule is CN(CCOc1ccc(C(N)=S)cc1)Cc1nccn1C. The van der Waals surface area contributed by atoms with Crippen LogP contribution in [0.4, 0.5) is 0 Å². The van der Waals surface area contributed by atoms with Crippen molar-refractivity contribution in [2.45, 2.75) is 6.54 Å². The van der Waals surface area contributed by atoms with Crippen LogP contribution in [-0.4, -0.2) is 39.6 Å². The summed E-state index contributed by atoms with van der Waals surface area (Å²) in [6.07, 6.45) is 3.76. The number of ether oxygens (including phenoxy) is 1. The van der Waals surface area contributed by atoms with Gasteiger partial charge in [0.2, 0.25) is 0 Å². The topological polar surface area (TPSA) is 56.3 Å². The zero-order valence-electron chi connectivity index (χ0n) is 12.3. The number of likely N-dealkylation sites (N-methyl/N-ethyl adjacent to an activating group) is 1. The van der Waals surface area contributed by atoms with Crippen molar-refractivity contribution in [3.63, 3.8) is 0 Å². The average molecular weight is 304 g/mol. The third kappa shape index (κ3) is 4.54. The Hall–Kier alpha value is -1.92. The summed E-state index contributed by atoms with van der Waals surface area (Å²) in [6, 6.07) is 7.50. The number of hydrogen-bond acceptors (Lipinski definition) is 4. The standard InChI is InChI=1S/C15H20N4OS/c1-18(11-14-17-7-8-19(14)2)9-10-20-13-5-3-12(4-6-13)15(16)21/h3-8H,9-11H2,1-2H3,(H2,16,21). The lowest BCUT2D eigenvalue weighted by Gasteiger charge is -2.16. The Morgan fingerprint density at radius 1 is 1.38 bits per heavy atom. The molecule has 2 N–H and O–H groups in total. The number of aryl methyl sites for hydroxylation is 1. The van der Waals surface area contributed by atoms with Crippen LogP contribution >= 0.6 is 12.2 Å². The smallest absolute Gasteiger partial charge is 0.122 e. The van der Waals surface area contributed by atoms with Gasteiger partial charge in [-0.2, -0.15) is 0 Å². The van der Waals surface area contributed by atoms with Gasteiger partial charge in [-0.15, -0.1) is 0 Å². The first-order chi connectivity index (χ1) is 10.1. The van der Waals surface area contributed by atoms with Gasteiger partial charge in [-0.05, 0) is 31.3 Å². The lowest BCUT2D eigenvalue weighted by molar-refractivity contribution is 0.228. The molecule has 0 atom stereocenters. The number of hydrogen-bond donors (Lipinski definition) is 1. The number of benzene rings is 1. The van der Waals surface area contributed by atoms with Gasteiger partial charge in [-0.3, -0.25) is 4.90 Å². The lowest BCUT2D eigenvalue weighted by atomic mass is 10.2. The molecule has 0 aliphatic heterocycles. The second-order valence-electron chi connectivity index (χ2n) is 4.93. The molecule has 1 heterocycles. The van der Waals surface area contributed by atoms with E-state index in [0.717, 1.165) is 30.2 Å². The van der Waals surface area contributed by atoms with Crippen molar-refractivity contribution in [2.24, 2.45) is 12.8 Å². The minimum atomic E-state index is 0.399. The van der Waals surface area contributed by atoms with Crippen LogP contribution in [0.3, 0.4) is 0 Å². The lowest BCUT2D eigenvalue weighted by Crippen LogP contribution is -2.25. The molecule has 21 heavy (non-hydrogen) atoms. The van der Waals surface area contributed by atoms with Crippen molar-refractivity contribution in [2.75, 3.05) is 20.2 Å². The van der Waals surface area contributed by atoms with E-state index in [1.807, 2.05) is 55.3 Å². The summed E-state index contributed by atoms with van der Waals surface area (Å²) in [5.41, 5.74) is 6.41. The Morgan fingerprint density at radius 2 is 2.10 bits per heavy atom. The van der Waals surface area contributed by atoms with E-state index in [9.17, 15) is 0 Å². The first-order valence-corrected chi connectivity index (χ1v) is 7.14. The Balaban J connectivity index is 1.76. The van der Waals surface area contributed by atoms with E-state index >= 15 is 0 Å². The molecule has 0 spiro atoms. The highest BCUT2D eigenvalue weighted by Gasteiger charge is 2.05. The second kappa shape index (κ2) is 7.19. The van der Waals surface area contributed by atoms with Gasteiger partial charge in [0.15, 0.2) is 0 Å². The van der Waals surface area contributed by atoms with Crippen molar-refractivity contribution in [1.29, 1.82) is 0 Å². The molecule has 0 amide bonds. The van der Waals surface area contributed by atoms with E-state index < -0.39 is 0 Å². The summed E-state index contributed by atoms with van der Waals surface area (Å²) in [4.78, 5) is 6.88. The van der Waals surface area contributed by atoms with E-state index in [-0.39, 0.29) is 0 Å². The van der Waals surface area contributed by atoms with Crippen LogP contribution < -0.4 is 10.5 Å². The quantitative estimate of drug-likeness (QED) is 0.787. The van der Waals surface area contributed by atoms with Crippen molar-refractivity contribution in [3.8, 4) is 5.75 Å². The Kier molecular flexibility index (Phi) is 5.30. The molecule has 0 unspecified atom stereocenters. The summed E-state index contributed by atoms with van der Waals surface area (Å²) in [5.74, 6) is 1.86. The van der Waals surface area contributed by atoms with Gasteiger partial charge in [-0.1, -0.05) is 12.2 Å². The summed E-state index contributed by atoms with van der Waals surface area (Å²) >= 11 is 4.91. The fourth-order valence-corrected chi connectivity index (χ4v) is 2.04. The van der Waals surface area contributed by atoms with Crippen LogP contribution in [0.2, 0.25) is 0 Å². The molecule has 1 aromatic heterocycles. The molecule has 0 aliphatic rings.